The SMILES string of the molecule is C=C(C)N(C(=C)C)c1cc(C(C)=O)n(C)n1. The Bertz CT molecular complexity index is 443. The van der Waals surface area contributed by atoms with Crippen LogP contribution in [0.5, 0.6) is 0 Å². The number of ketones is 1. The van der Waals surface area contributed by atoms with Gasteiger partial charge in [0.25, 0.3) is 0 Å². The molecule has 1 rings (SSSR count). The van der Waals surface area contributed by atoms with Crippen LogP contribution in [0.4, 0.5) is 5.82 Å². The van der Waals surface area contributed by atoms with Gasteiger partial charge in [0.15, 0.2) is 11.6 Å². The van der Waals surface area contributed by atoms with Gasteiger partial charge in [0.2, 0.25) is 0 Å². The Balaban J connectivity index is 3.22. The second-order valence-corrected chi connectivity index (χ2v) is 3.87. The summed E-state index contributed by atoms with van der Waals surface area (Å²) in [5.74, 6) is 0.664. The van der Waals surface area contributed by atoms with Crippen LogP contribution in [-0.4, -0.2) is 15.6 Å². The molecule has 1 aromatic heterocycles. The summed E-state index contributed by atoms with van der Waals surface area (Å²) in [6.07, 6.45) is 0. The highest BCUT2D eigenvalue weighted by Gasteiger charge is 2.15. The number of aryl methyl sites for hydroxylation is 1. The van der Waals surface area contributed by atoms with Crippen molar-refractivity contribution in [2.24, 2.45) is 7.05 Å². The lowest BCUT2D eigenvalue weighted by Crippen LogP contribution is -2.17. The van der Waals surface area contributed by atoms with Crippen LogP contribution in [0.1, 0.15) is 31.3 Å². The predicted octanol–water partition coefficient (Wildman–Crippen LogP) is 2.50. The van der Waals surface area contributed by atoms with Gasteiger partial charge in [-0.25, -0.2) is 0 Å². The maximum atomic E-state index is 11.3. The number of hydrogen-bond acceptors (Lipinski definition) is 3. The fourth-order valence-corrected chi connectivity index (χ4v) is 1.61. The van der Waals surface area contributed by atoms with Crippen LogP contribution in [0.3, 0.4) is 0 Å². The van der Waals surface area contributed by atoms with Crippen molar-refractivity contribution in [2.45, 2.75) is 20.8 Å². The summed E-state index contributed by atoms with van der Waals surface area (Å²) in [5, 5.41) is 4.27. The van der Waals surface area contributed by atoms with Gasteiger partial charge in [0.1, 0.15) is 5.69 Å². The molecule has 0 fully saturated rings. The maximum Gasteiger partial charge on any atom is 0.177 e. The van der Waals surface area contributed by atoms with E-state index in [9.17, 15) is 4.79 Å². The zero-order chi connectivity index (χ0) is 12.5. The average Bonchev–Trinajstić information content (AvgIpc) is 2.45. The van der Waals surface area contributed by atoms with Crippen molar-refractivity contribution >= 4 is 11.6 Å². The van der Waals surface area contributed by atoms with Crippen molar-refractivity contribution < 1.29 is 4.79 Å². The van der Waals surface area contributed by atoms with E-state index in [0.29, 0.717) is 11.5 Å². The molecule has 0 unspecified atom stereocenters. The van der Waals surface area contributed by atoms with E-state index in [-0.39, 0.29) is 5.78 Å². The van der Waals surface area contributed by atoms with Gasteiger partial charge in [0.05, 0.1) is 0 Å². The molecule has 0 aliphatic rings. The first-order chi connectivity index (χ1) is 7.34. The lowest BCUT2D eigenvalue weighted by molar-refractivity contribution is 0.100. The lowest BCUT2D eigenvalue weighted by Gasteiger charge is -2.21. The number of allylic oxidation sites excluding steroid dienone is 2. The highest BCUT2D eigenvalue weighted by atomic mass is 16.1. The van der Waals surface area contributed by atoms with Gasteiger partial charge in [-0.05, 0) is 13.8 Å². The zero-order valence-corrected chi connectivity index (χ0v) is 10.2. The van der Waals surface area contributed by atoms with Gasteiger partial charge in [0, 0.05) is 31.4 Å². The molecule has 1 heterocycles. The number of anilines is 1. The van der Waals surface area contributed by atoms with E-state index in [1.165, 1.54) is 6.92 Å². The Hall–Kier alpha value is -1.84. The Morgan fingerprint density at radius 2 is 1.81 bits per heavy atom. The van der Waals surface area contributed by atoms with Crippen LogP contribution in [0.2, 0.25) is 0 Å². The highest BCUT2D eigenvalue weighted by Crippen LogP contribution is 2.21. The molecule has 4 nitrogen and oxygen atoms in total. The molecule has 0 saturated carbocycles. The van der Waals surface area contributed by atoms with Gasteiger partial charge in [-0.15, -0.1) is 0 Å². The molecule has 1 aromatic rings. The lowest BCUT2D eigenvalue weighted by atomic mass is 10.3. The van der Waals surface area contributed by atoms with Crippen LogP contribution in [0, 0.1) is 0 Å². The molecule has 0 spiro atoms. The monoisotopic (exact) mass is 219 g/mol. The van der Waals surface area contributed by atoms with Gasteiger partial charge >= 0.3 is 0 Å². The number of hydrogen-bond donors (Lipinski definition) is 0. The average molecular weight is 219 g/mol. The zero-order valence-electron chi connectivity index (χ0n) is 10.2. The van der Waals surface area contributed by atoms with Crippen molar-refractivity contribution in [1.29, 1.82) is 0 Å². The fourth-order valence-electron chi connectivity index (χ4n) is 1.61. The Morgan fingerprint density at radius 3 is 2.12 bits per heavy atom. The Labute approximate surface area is 95.9 Å². The maximum absolute atomic E-state index is 11.3. The Kier molecular flexibility index (Phi) is 3.32. The van der Waals surface area contributed by atoms with Gasteiger partial charge in [-0.1, -0.05) is 13.2 Å². The third-order valence-corrected chi connectivity index (χ3v) is 2.22. The third kappa shape index (κ3) is 2.21. The molecule has 0 amide bonds. The summed E-state index contributed by atoms with van der Waals surface area (Å²) in [6.45, 7) is 13.0. The summed E-state index contributed by atoms with van der Waals surface area (Å²) in [7, 11) is 1.75. The predicted molar refractivity (Wildman–Crippen MR) is 65.3 cm³/mol. The molecule has 0 aliphatic heterocycles. The van der Waals surface area contributed by atoms with Crippen molar-refractivity contribution in [1.82, 2.24) is 9.78 Å². The molecular weight excluding hydrogens is 202 g/mol. The summed E-state index contributed by atoms with van der Waals surface area (Å²) in [4.78, 5) is 13.1. The summed E-state index contributed by atoms with van der Waals surface area (Å²) < 4.78 is 1.57. The van der Waals surface area contributed by atoms with E-state index in [1.807, 2.05) is 18.7 Å². The van der Waals surface area contributed by atoms with Crippen molar-refractivity contribution in [3.63, 3.8) is 0 Å². The molecule has 0 bridgehead atoms. The molecule has 0 N–H and O–H groups in total. The molecule has 0 saturated heterocycles. The standard InChI is InChI=1S/C12H17N3O/c1-8(2)15(9(3)4)12-7-11(10(5)16)14(6)13-12/h7H,1,3H2,2,4-6H3. The van der Waals surface area contributed by atoms with E-state index in [1.54, 1.807) is 17.8 Å². The summed E-state index contributed by atoms with van der Waals surface area (Å²) in [6, 6.07) is 1.74. The van der Waals surface area contributed by atoms with Crippen molar-refractivity contribution in [2.75, 3.05) is 4.90 Å². The second-order valence-electron chi connectivity index (χ2n) is 3.87. The highest BCUT2D eigenvalue weighted by molar-refractivity contribution is 5.93. The third-order valence-electron chi connectivity index (χ3n) is 2.22. The van der Waals surface area contributed by atoms with Crippen molar-refractivity contribution in [3.05, 3.63) is 36.3 Å². The quantitative estimate of drug-likeness (QED) is 0.730. The largest absolute Gasteiger partial charge is 0.303 e. The molecule has 86 valence electrons. The van der Waals surface area contributed by atoms with Crippen LogP contribution in [-0.2, 0) is 7.05 Å². The first-order valence-electron chi connectivity index (χ1n) is 5.00. The first kappa shape index (κ1) is 12.2. The Morgan fingerprint density at radius 1 is 1.31 bits per heavy atom. The van der Waals surface area contributed by atoms with E-state index in [4.69, 9.17) is 0 Å². The minimum atomic E-state index is -0.00960. The molecular formula is C12H17N3O. The van der Waals surface area contributed by atoms with Crippen LogP contribution in [0.25, 0.3) is 0 Å². The number of rotatable bonds is 4. The molecule has 0 radical (unpaired) electrons. The van der Waals surface area contributed by atoms with E-state index in [2.05, 4.69) is 18.3 Å². The molecule has 4 heteroatoms. The number of carbonyl (C=O) groups excluding carboxylic acids is 1. The van der Waals surface area contributed by atoms with Crippen LogP contribution < -0.4 is 4.90 Å². The smallest absolute Gasteiger partial charge is 0.177 e. The van der Waals surface area contributed by atoms with Crippen LogP contribution in [0.15, 0.2) is 30.6 Å². The first-order valence-corrected chi connectivity index (χ1v) is 5.00. The summed E-state index contributed by atoms with van der Waals surface area (Å²) in [5.41, 5.74) is 2.21. The second kappa shape index (κ2) is 4.35. The normalized spacial score (nSPS) is 10.0. The van der Waals surface area contributed by atoms with Gasteiger partial charge in [-0.2, -0.15) is 5.10 Å². The number of Topliss-reactive ketones (excluding diaryl/α,β-unsaturated/α-hetero) is 1. The number of carbonyl (C=O) groups is 1. The molecule has 0 aliphatic carbocycles. The number of nitrogens with zero attached hydrogens (tertiary/aromatic N) is 3. The topological polar surface area (TPSA) is 38.1 Å². The van der Waals surface area contributed by atoms with E-state index < -0.39 is 0 Å². The van der Waals surface area contributed by atoms with Gasteiger partial charge in [-0.3, -0.25) is 9.48 Å². The molecule has 0 atom stereocenters. The number of aromatic nitrogens is 2. The molecule has 16 heavy (non-hydrogen) atoms. The fraction of sp³-hybridized carbons (Fsp3) is 0.333. The van der Waals surface area contributed by atoms with Crippen molar-refractivity contribution in [3.8, 4) is 0 Å². The molecule has 0 aromatic carbocycles. The minimum absolute atomic E-state index is 0.00960. The van der Waals surface area contributed by atoms with E-state index in [0.717, 1.165) is 11.4 Å². The van der Waals surface area contributed by atoms with Crippen LogP contribution >= 0.6 is 0 Å². The summed E-state index contributed by atoms with van der Waals surface area (Å²) >= 11 is 0. The van der Waals surface area contributed by atoms with Gasteiger partial charge < -0.3 is 4.90 Å². The minimum Gasteiger partial charge on any atom is -0.303 e. The van der Waals surface area contributed by atoms with E-state index >= 15 is 0 Å².